The monoisotopic (exact) mass is 385 g/mol. The van der Waals surface area contributed by atoms with E-state index in [2.05, 4.69) is 30.3 Å². The Hall–Kier alpha value is -1.84. The summed E-state index contributed by atoms with van der Waals surface area (Å²) in [6.45, 7) is 5.94. The van der Waals surface area contributed by atoms with Gasteiger partial charge in [-0.1, -0.05) is 42.0 Å². The molecule has 2 aliphatic heterocycles. The summed E-state index contributed by atoms with van der Waals surface area (Å²) in [5.74, 6) is 1.80. The summed E-state index contributed by atoms with van der Waals surface area (Å²) in [6.07, 6.45) is 3.26. The largest absolute Gasteiger partial charge is 1.00 e. The zero-order valence-corrected chi connectivity index (χ0v) is 16.7. The number of halogens is 1. The van der Waals surface area contributed by atoms with E-state index < -0.39 is 0 Å². The predicted octanol–water partition coefficient (Wildman–Crippen LogP) is 0.0429. The molecule has 0 bridgehead atoms. The van der Waals surface area contributed by atoms with Gasteiger partial charge in [0.25, 0.3) is 0 Å². The van der Waals surface area contributed by atoms with Crippen LogP contribution in [-0.2, 0) is 0 Å². The second-order valence-electron chi connectivity index (χ2n) is 7.84. The van der Waals surface area contributed by atoms with Crippen molar-refractivity contribution in [3.63, 3.8) is 0 Å². The van der Waals surface area contributed by atoms with Crippen molar-refractivity contribution >= 4 is 5.78 Å². The maximum absolute atomic E-state index is 13.1. The Morgan fingerprint density at radius 1 is 1.04 bits per heavy atom. The molecule has 27 heavy (non-hydrogen) atoms. The quantitative estimate of drug-likeness (QED) is 0.809. The first-order chi connectivity index (χ1) is 12.7. The molecule has 1 N–H and O–H groups in total. The van der Waals surface area contributed by atoms with Crippen molar-refractivity contribution in [3.8, 4) is 5.75 Å². The lowest BCUT2D eigenvalue weighted by molar-refractivity contribution is -0.907. The van der Waals surface area contributed by atoms with E-state index >= 15 is 0 Å². The molecule has 2 heterocycles. The lowest BCUT2D eigenvalue weighted by Gasteiger charge is -2.31. The Bertz CT molecular complexity index is 769. The highest BCUT2D eigenvalue weighted by atomic mass is 35.5. The molecule has 2 aromatic rings. The van der Waals surface area contributed by atoms with Gasteiger partial charge in [-0.3, -0.25) is 4.79 Å². The van der Waals surface area contributed by atoms with E-state index in [-0.39, 0.29) is 24.1 Å². The van der Waals surface area contributed by atoms with Crippen LogP contribution in [0.3, 0.4) is 0 Å². The van der Waals surface area contributed by atoms with E-state index in [0.29, 0.717) is 12.5 Å². The van der Waals surface area contributed by atoms with Gasteiger partial charge in [-0.25, -0.2) is 0 Å². The number of nitrogens with one attached hydrogen (secondary N) is 1. The third kappa shape index (κ3) is 4.53. The standard InChI is InChI=1S/C23H27NO2.ClH/c1-17-7-8-22-21(15-17)23(25)20(11-14-26-22)16-24-12-9-19(10-13-24)18-5-3-2-4-6-18;/h2-8,15,19-20H,9-14,16H2,1H3;1H. The van der Waals surface area contributed by atoms with Crippen molar-refractivity contribution in [2.75, 3.05) is 26.2 Å². The molecule has 0 aromatic heterocycles. The number of quaternary nitrogens is 1. The van der Waals surface area contributed by atoms with Gasteiger partial charge in [0, 0.05) is 12.8 Å². The molecule has 2 aliphatic rings. The highest BCUT2D eigenvalue weighted by molar-refractivity contribution is 6.00. The molecule has 0 saturated carbocycles. The lowest BCUT2D eigenvalue weighted by atomic mass is 9.88. The van der Waals surface area contributed by atoms with E-state index in [4.69, 9.17) is 4.74 Å². The topological polar surface area (TPSA) is 30.7 Å². The van der Waals surface area contributed by atoms with Crippen molar-refractivity contribution in [3.05, 3.63) is 65.2 Å². The number of benzene rings is 2. The number of aryl methyl sites for hydroxylation is 1. The smallest absolute Gasteiger partial charge is 0.175 e. The molecule has 0 radical (unpaired) electrons. The van der Waals surface area contributed by atoms with Gasteiger partial charge in [-0.15, -0.1) is 0 Å². The number of carbonyl (C=O) groups is 1. The second-order valence-corrected chi connectivity index (χ2v) is 7.84. The number of Topliss-reactive ketones (excluding diaryl/α,β-unsaturated/α-hetero) is 1. The van der Waals surface area contributed by atoms with Crippen LogP contribution in [0, 0.1) is 12.8 Å². The Morgan fingerprint density at radius 2 is 1.78 bits per heavy atom. The van der Waals surface area contributed by atoms with Gasteiger partial charge in [0.2, 0.25) is 0 Å². The van der Waals surface area contributed by atoms with Crippen LogP contribution in [-0.4, -0.2) is 32.0 Å². The number of rotatable bonds is 3. The van der Waals surface area contributed by atoms with E-state index in [1.807, 2.05) is 25.1 Å². The first-order valence-corrected chi connectivity index (χ1v) is 9.87. The number of fused-ring (bicyclic) bond motifs is 1. The Morgan fingerprint density at radius 3 is 2.52 bits per heavy atom. The van der Waals surface area contributed by atoms with Crippen molar-refractivity contribution in [1.82, 2.24) is 0 Å². The maximum Gasteiger partial charge on any atom is 0.175 e. The van der Waals surface area contributed by atoms with Gasteiger partial charge in [0.15, 0.2) is 5.78 Å². The number of ether oxygens (including phenoxy) is 1. The SMILES string of the molecule is Cc1ccc2c(c1)C(=O)C(C[NH+]1CCC(c3ccccc3)CC1)CCO2.[Cl-]. The van der Waals surface area contributed by atoms with Crippen molar-refractivity contribution in [2.45, 2.75) is 32.1 Å². The van der Waals surface area contributed by atoms with Crippen LogP contribution in [0.5, 0.6) is 5.75 Å². The Labute approximate surface area is 168 Å². The first-order valence-electron chi connectivity index (χ1n) is 9.87. The number of likely N-dealkylation sites (tertiary alicyclic amines) is 1. The molecule has 0 amide bonds. The summed E-state index contributed by atoms with van der Waals surface area (Å²) in [5.41, 5.74) is 3.37. The number of piperidine rings is 1. The maximum atomic E-state index is 13.1. The lowest BCUT2D eigenvalue weighted by Crippen LogP contribution is -3.13. The molecule has 4 heteroatoms. The van der Waals surface area contributed by atoms with Crippen molar-refractivity contribution < 1.29 is 26.8 Å². The summed E-state index contributed by atoms with van der Waals surface area (Å²) >= 11 is 0. The molecule has 1 fully saturated rings. The zero-order chi connectivity index (χ0) is 17.9. The van der Waals surface area contributed by atoms with Crippen LogP contribution in [0.4, 0.5) is 0 Å². The van der Waals surface area contributed by atoms with E-state index in [1.165, 1.54) is 18.4 Å². The molecule has 1 saturated heterocycles. The molecule has 3 nitrogen and oxygen atoms in total. The van der Waals surface area contributed by atoms with Gasteiger partial charge in [-0.05, 0) is 37.0 Å². The highest BCUT2D eigenvalue weighted by Gasteiger charge is 2.32. The minimum Gasteiger partial charge on any atom is -1.00 e. The fraction of sp³-hybridized carbons (Fsp3) is 0.435. The number of ketones is 1. The second kappa shape index (κ2) is 8.90. The van der Waals surface area contributed by atoms with Crippen LogP contribution in [0.2, 0.25) is 0 Å². The van der Waals surface area contributed by atoms with Gasteiger partial charge in [0.1, 0.15) is 5.75 Å². The molecular formula is C23H28ClNO2. The van der Waals surface area contributed by atoms with Gasteiger partial charge in [-0.2, -0.15) is 0 Å². The molecule has 144 valence electrons. The van der Waals surface area contributed by atoms with E-state index in [0.717, 1.165) is 42.9 Å². The summed E-state index contributed by atoms with van der Waals surface area (Å²) in [6, 6.07) is 16.8. The van der Waals surface area contributed by atoms with Crippen LogP contribution < -0.4 is 22.0 Å². The summed E-state index contributed by atoms with van der Waals surface area (Å²) < 4.78 is 5.84. The summed E-state index contributed by atoms with van der Waals surface area (Å²) in [4.78, 5) is 14.6. The third-order valence-electron chi connectivity index (χ3n) is 5.99. The van der Waals surface area contributed by atoms with Crippen molar-refractivity contribution in [2.24, 2.45) is 5.92 Å². The minimum atomic E-state index is 0. The fourth-order valence-electron chi connectivity index (χ4n) is 4.46. The molecule has 2 aromatic carbocycles. The van der Waals surface area contributed by atoms with Gasteiger partial charge < -0.3 is 22.0 Å². The molecule has 4 rings (SSSR count). The molecule has 1 atom stereocenters. The average Bonchev–Trinajstić information content (AvgIpc) is 2.83. The zero-order valence-electron chi connectivity index (χ0n) is 15.9. The summed E-state index contributed by atoms with van der Waals surface area (Å²) in [5, 5.41) is 0. The predicted molar refractivity (Wildman–Crippen MR) is 103 cm³/mol. The number of hydrogen-bond acceptors (Lipinski definition) is 2. The average molecular weight is 386 g/mol. The molecule has 0 spiro atoms. The van der Waals surface area contributed by atoms with Gasteiger partial charge >= 0.3 is 0 Å². The molecule has 1 unspecified atom stereocenters. The van der Waals surface area contributed by atoms with E-state index in [1.54, 1.807) is 4.90 Å². The van der Waals surface area contributed by atoms with Crippen LogP contribution >= 0.6 is 0 Å². The fourth-order valence-corrected chi connectivity index (χ4v) is 4.46. The molecular weight excluding hydrogens is 358 g/mol. The number of carbonyl (C=O) groups excluding carboxylic acids is 1. The normalized spacial score (nSPS) is 24.9. The van der Waals surface area contributed by atoms with Crippen LogP contribution in [0.25, 0.3) is 0 Å². The number of hydrogen-bond donors (Lipinski definition) is 1. The Kier molecular flexibility index (Phi) is 6.56. The van der Waals surface area contributed by atoms with Crippen LogP contribution in [0.1, 0.15) is 46.7 Å². The van der Waals surface area contributed by atoms with Gasteiger partial charge in [0.05, 0.1) is 37.7 Å². The first kappa shape index (κ1) is 19.9. The van der Waals surface area contributed by atoms with Crippen LogP contribution in [0.15, 0.2) is 48.5 Å². The minimum absolute atomic E-state index is 0. The van der Waals surface area contributed by atoms with Crippen molar-refractivity contribution in [1.29, 1.82) is 0 Å². The Balaban J connectivity index is 0.00000210. The summed E-state index contributed by atoms with van der Waals surface area (Å²) in [7, 11) is 0. The highest BCUT2D eigenvalue weighted by Crippen LogP contribution is 2.28. The third-order valence-corrected chi connectivity index (χ3v) is 5.99. The molecule has 0 aliphatic carbocycles. The van der Waals surface area contributed by atoms with E-state index in [9.17, 15) is 4.79 Å².